The van der Waals surface area contributed by atoms with E-state index < -0.39 is 0 Å². The fourth-order valence-electron chi connectivity index (χ4n) is 3.53. The smallest absolute Gasteiger partial charge is 0.187 e. The van der Waals surface area contributed by atoms with Crippen molar-refractivity contribution in [3.8, 4) is 0 Å². The van der Waals surface area contributed by atoms with Crippen molar-refractivity contribution in [3.05, 3.63) is 46.3 Å². The Bertz CT molecular complexity index is 920. The maximum Gasteiger partial charge on any atom is 0.187 e. The van der Waals surface area contributed by atoms with E-state index in [-0.39, 0.29) is 5.41 Å². The maximum absolute atomic E-state index is 4.51. The number of hydrogen-bond donors (Lipinski definition) is 1. The number of H-pyrrole nitrogens is 1. The molecule has 6 nitrogen and oxygen atoms in total. The second kappa shape index (κ2) is 7.20. The number of aromatic nitrogens is 4. The first-order valence-corrected chi connectivity index (χ1v) is 10.1. The van der Waals surface area contributed by atoms with Gasteiger partial charge in [-0.05, 0) is 32.5 Å². The van der Waals surface area contributed by atoms with E-state index in [4.69, 9.17) is 0 Å². The molecule has 27 heavy (non-hydrogen) atoms. The van der Waals surface area contributed by atoms with Crippen molar-refractivity contribution in [2.24, 2.45) is 0 Å². The molecule has 3 aromatic rings. The summed E-state index contributed by atoms with van der Waals surface area (Å²) >= 11 is 3.52. The van der Waals surface area contributed by atoms with Gasteiger partial charge in [0.05, 0.1) is 5.39 Å². The normalized spacial score (nSPS) is 16.2. The topological polar surface area (TPSA) is 60.9 Å². The molecule has 0 radical (unpaired) electrons. The second-order valence-electron chi connectivity index (χ2n) is 8.14. The van der Waals surface area contributed by atoms with Gasteiger partial charge < -0.3 is 4.90 Å². The van der Waals surface area contributed by atoms with Crippen molar-refractivity contribution in [2.45, 2.75) is 32.7 Å². The van der Waals surface area contributed by atoms with E-state index in [9.17, 15) is 0 Å². The van der Waals surface area contributed by atoms with Crippen LogP contribution in [-0.2, 0) is 12.0 Å². The van der Waals surface area contributed by atoms with Crippen LogP contribution in [-0.4, -0.2) is 51.2 Å². The minimum atomic E-state index is 0.203. The van der Waals surface area contributed by atoms with Crippen molar-refractivity contribution < 1.29 is 0 Å². The van der Waals surface area contributed by atoms with Gasteiger partial charge >= 0.3 is 0 Å². The highest BCUT2D eigenvalue weighted by Gasteiger charge is 2.22. The maximum atomic E-state index is 4.51. The summed E-state index contributed by atoms with van der Waals surface area (Å²) in [6, 6.07) is 9.06. The summed E-state index contributed by atoms with van der Waals surface area (Å²) in [6.07, 6.45) is 1.59. The Kier molecular flexibility index (Phi) is 4.90. The van der Waals surface area contributed by atoms with Crippen LogP contribution in [0.25, 0.3) is 11.0 Å². The molecule has 0 saturated carbocycles. The minimum absolute atomic E-state index is 0.203. The number of anilines is 1. The van der Waals surface area contributed by atoms with Gasteiger partial charge in [0.15, 0.2) is 5.65 Å². The van der Waals surface area contributed by atoms with E-state index in [1.165, 1.54) is 11.1 Å². The Labute approximate surface area is 168 Å². The first-order chi connectivity index (χ1) is 12.9. The third-order valence-corrected chi connectivity index (χ3v) is 5.76. The molecule has 4 rings (SSSR count). The van der Waals surface area contributed by atoms with E-state index in [1.54, 1.807) is 6.33 Å². The van der Waals surface area contributed by atoms with Crippen LogP contribution in [0.15, 0.2) is 35.2 Å². The summed E-state index contributed by atoms with van der Waals surface area (Å²) in [5.41, 5.74) is 3.66. The van der Waals surface area contributed by atoms with E-state index in [1.807, 2.05) is 0 Å². The number of benzene rings is 1. The molecule has 2 aromatic heterocycles. The quantitative estimate of drug-likeness (QED) is 0.688. The summed E-state index contributed by atoms with van der Waals surface area (Å²) < 4.78 is 0.842. The second-order valence-corrected chi connectivity index (χ2v) is 8.94. The molecule has 0 spiro atoms. The molecule has 3 heterocycles. The summed E-state index contributed by atoms with van der Waals surface area (Å²) in [4.78, 5) is 13.6. The van der Waals surface area contributed by atoms with Crippen LogP contribution in [0.2, 0.25) is 0 Å². The molecule has 1 N–H and O–H groups in total. The van der Waals surface area contributed by atoms with Crippen LogP contribution >= 0.6 is 15.9 Å². The summed E-state index contributed by atoms with van der Waals surface area (Å²) in [5, 5.41) is 8.11. The molecule has 1 fully saturated rings. The Hall–Kier alpha value is -1.99. The molecule has 1 aliphatic rings. The van der Waals surface area contributed by atoms with Crippen LogP contribution in [0, 0.1) is 0 Å². The molecule has 7 heteroatoms. The van der Waals surface area contributed by atoms with Crippen LogP contribution in [0.1, 0.15) is 31.9 Å². The van der Waals surface area contributed by atoms with Crippen LogP contribution in [0.3, 0.4) is 0 Å². The van der Waals surface area contributed by atoms with Gasteiger partial charge in [-0.1, -0.05) is 45.0 Å². The number of aromatic amines is 1. The highest BCUT2D eigenvalue weighted by Crippen LogP contribution is 2.29. The van der Waals surface area contributed by atoms with Gasteiger partial charge in [0.2, 0.25) is 0 Å². The number of nitrogens with one attached hydrogen (secondary N) is 1. The first-order valence-electron chi connectivity index (χ1n) is 9.33. The van der Waals surface area contributed by atoms with Crippen molar-refractivity contribution in [1.29, 1.82) is 0 Å². The molecule has 0 unspecified atom stereocenters. The predicted octanol–water partition coefficient (Wildman–Crippen LogP) is 3.74. The minimum Gasteiger partial charge on any atom is -0.353 e. The molecule has 0 bridgehead atoms. The van der Waals surface area contributed by atoms with Crippen molar-refractivity contribution >= 4 is 32.8 Å². The molecule has 1 aliphatic heterocycles. The first kappa shape index (κ1) is 18.4. The molecule has 0 aliphatic carbocycles. The SMILES string of the molecule is CC(C)(C)c1ccc(CN2CCN(c3ncnc4n[nH]c(Br)c34)CC2)cc1. The van der Waals surface area contributed by atoms with E-state index in [0.29, 0.717) is 5.65 Å². The van der Waals surface area contributed by atoms with Gasteiger partial charge in [-0.2, -0.15) is 5.10 Å². The van der Waals surface area contributed by atoms with E-state index in [2.05, 4.69) is 90.9 Å². The number of halogens is 1. The fraction of sp³-hybridized carbons (Fsp3) is 0.450. The third kappa shape index (κ3) is 3.84. The van der Waals surface area contributed by atoms with Crippen LogP contribution < -0.4 is 4.90 Å². The van der Waals surface area contributed by atoms with Crippen molar-refractivity contribution in [3.63, 3.8) is 0 Å². The van der Waals surface area contributed by atoms with Crippen molar-refractivity contribution in [2.75, 3.05) is 31.1 Å². The van der Waals surface area contributed by atoms with Gasteiger partial charge in [0.1, 0.15) is 16.7 Å². The molecular formula is C20H25BrN6. The zero-order chi connectivity index (χ0) is 19.0. The number of nitrogens with zero attached hydrogens (tertiary/aromatic N) is 5. The van der Waals surface area contributed by atoms with Gasteiger partial charge in [0, 0.05) is 32.7 Å². The molecular weight excluding hydrogens is 404 g/mol. The Morgan fingerprint density at radius 3 is 2.41 bits per heavy atom. The lowest BCUT2D eigenvalue weighted by Gasteiger charge is -2.35. The number of rotatable bonds is 3. The van der Waals surface area contributed by atoms with Gasteiger partial charge in [-0.25, -0.2) is 9.97 Å². The van der Waals surface area contributed by atoms with Crippen LogP contribution in [0.5, 0.6) is 0 Å². The van der Waals surface area contributed by atoms with E-state index in [0.717, 1.165) is 48.5 Å². The fourth-order valence-corrected chi connectivity index (χ4v) is 3.98. The third-order valence-electron chi connectivity index (χ3n) is 5.18. The highest BCUT2D eigenvalue weighted by molar-refractivity contribution is 9.10. The number of piperazine rings is 1. The standard InChI is InChI=1S/C20H25BrN6/c1-20(2,3)15-6-4-14(5-7-15)12-26-8-10-27(11-9-26)19-16-17(21)24-25-18(16)22-13-23-19/h4-7,13H,8-12H2,1-3H3,(H,22,23,24,25). The van der Waals surface area contributed by atoms with Gasteiger partial charge in [-0.15, -0.1) is 0 Å². The summed E-state index contributed by atoms with van der Waals surface area (Å²) in [6.45, 7) is 11.7. The molecule has 0 atom stereocenters. The summed E-state index contributed by atoms with van der Waals surface area (Å²) in [7, 11) is 0. The lowest BCUT2D eigenvalue weighted by molar-refractivity contribution is 0.249. The molecule has 1 saturated heterocycles. The van der Waals surface area contributed by atoms with Gasteiger partial charge in [-0.3, -0.25) is 10.00 Å². The number of fused-ring (bicyclic) bond motifs is 1. The Balaban J connectivity index is 1.41. The average molecular weight is 429 g/mol. The largest absolute Gasteiger partial charge is 0.353 e. The molecule has 1 aromatic carbocycles. The highest BCUT2D eigenvalue weighted by atomic mass is 79.9. The van der Waals surface area contributed by atoms with Gasteiger partial charge in [0.25, 0.3) is 0 Å². The molecule has 0 amide bonds. The number of hydrogen-bond acceptors (Lipinski definition) is 5. The van der Waals surface area contributed by atoms with Crippen molar-refractivity contribution in [1.82, 2.24) is 25.1 Å². The zero-order valence-corrected chi connectivity index (χ0v) is 17.6. The lowest BCUT2D eigenvalue weighted by atomic mass is 9.87. The monoisotopic (exact) mass is 428 g/mol. The molecule has 142 valence electrons. The Morgan fingerprint density at radius 2 is 1.74 bits per heavy atom. The average Bonchev–Trinajstić information content (AvgIpc) is 3.04. The summed E-state index contributed by atoms with van der Waals surface area (Å²) in [5.74, 6) is 0.954. The van der Waals surface area contributed by atoms with E-state index >= 15 is 0 Å². The van der Waals surface area contributed by atoms with Crippen LogP contribution in [0.4, 0.5) is 5.82 Å². The Morgan fingerprint density at radius 1 is 1.04 bits per heavy atom. The predicted molar refractivity (Wildman–Crippen MR) is 112 cm³/mol. The lowest BCUT2D eigenvalue weighted by Crippen LogP contribution is -2.46. The zero-order valence-electron chi connectivity index (χ0n) is 16.0.